The zero-order valence-electron chi connectivity index (χ0n) is 14.5. The number of hydrogen-bond donors (Lipinski definition) is 1. The number of rotatable bonds is 4. The van der Waals surface area contributed by atoms with Crippen molar-refractivity contribution < 1.29 is 14.6 Å². The lowest BCUT2D eigenvalue weighted by Crippen LogP contribution is -2.51. The van der Waals surface area contributed by atoms with Crippen LogP contribution >= 0.6 is 0 Å². The first-order valence-corrected chi connectivity index (χ1v) is 11.8. The van der Waals surface area contributed by atoms with E-state index in [2.05, 4.69) is 19.6 Å². The molecule has 1 aliphatic heterocycles. The minimum atomic E-state index is -1.62. The van der Waals surface area contributed by atoms with Gasteiger partial charge in [0.05, 0.1) is 15.2 Å². The fourth-order valence-electron chi connectivity index (χ4n) is 3.21. The second kappa shape index (κ2) is 5.75. The van der Waals surface area contributed by atoms with Crippen LogP contribution in [0.15, 0.2) is 48.5 Å². The summed E-state index contributed by atoms with van der Waals surface area (Å²) in [4.78, 5) is 14.6. The number of fused-ring (bicyclic) bond motifs is 1. The van der Waals surface area contributed by atoms with Gasteiger partial charge in [-0.3, -0.25) is 4.79 Å². The molecule has 126 valence electrons. The van der Waals surface area contributed by atoms with Gasteiger partial charge in [0.1, 0.15) is 5.75 Å². The van der Waals surface area contributed by atoms with Crippen molar-refractivity contribution >= 4 is 14.0 Å². The lowest BCUT2D eigenvalue weighted by Gasteiger charge is -2.38. The molecule has 0 saturated heterocycles. The number of ether oxygens (including phenoxy) is 1. The van der Waals surface area contributed by atoms with Crippen LogP contribution in [0.25, 0.3) is 0 Å². The highest BCUT2D eigenvalue weighted by Crippen LogP contribution is 2.42. The predicted molar refractivity (Wildman–Crippen MR) is 96.8 cm³/mol. The highest BCUT2D eigenvalue weighted by Gasteiger charge is 2.50. The van der Waals surface area contributed by atoms with Gasteiger partial charge in [-0.25, -0.2) is 0 Å². The molecule has 0 fully saturated rings. The minimum absolute atomic E-state index is 0.105. The van der Waals surface area contributed by atoms with Gasteiger partial charge in [-0.05, 0) is 18.2 Å². The molecule has 5 heteroatoms. The molecule has 1 atom stereocenters. The van der Waals surface area contributed by atoms with E-state index in [9.17, 15) is 9.90 Å². The summed E-state index contributed by atoms with van der Waals surface area (Å²) in [6.45, 7) is 6.58. The Morgan fingerprint density at radius 3 is 2.29 bits per heavy atom. The van der Waals surface area contributed by atoms with E-state index in [1.165, 1.54) is 0 Å². The van der Waals surface area contributed by atoms with Crippen LogP contribution in [0.1, 0.15) is 21.5 Å². The van der Waals surface area contributed by atoms with Gasteiger partial charge in [0.2, 0.25) is 0 Å². The van der Waals surface area contributed by atoms with Gasteiger partial charge in [0, 0.05) is 22.9 Å². The molecule has 0 radical (unpaired) electrons. The van der Waals surface area contributed by atoms with Crippen molar-refractivity contribution in [3.05, 3.63) is 65.2 Å². The Morgan fingerprint density at radius 1 is 1.08 bits per heavy atom. The summed E-state index contributed by atoms with van der Waals surface area (Å²) in [5, 5.41) is 11.7. The molecule has 1 N–H and O–H groups in total. The van der Waals surface area contributed by atoms with Gasteiger partial charge >= 0.3 is 0 Å². The van der Waals surface area contributed by atoms with Crippen LogP contribution in [0.3, 0.4) is 0 Å². The van der Waals surface area contributed by atoms with Gasteiger partial charge in [-0.15, -0.1) is 0 Å². The van der Waals surface area contributed by atoms with E-state index in [-0.39, 0.29) is 5.91 Å². The summed E-state index contributed by atoms with van der Waals surface area (Å²) in [5.74, 6) is 0.614. The molecule has 0 aromatic heterocycles. The molecule has 24 heavy (non-hydrogen) atoms. The average Bonchev–Trinajstić information content (AvgIpc) is 2.77. The number of carbonyl (C=O) groups excluding carboxylic acids is 1. The standard InChI is InChI=1S/C19H23NO3Si/c1-23-15-11-9-14(10-12-15)19(22)17-8-6-5-7-16(17)18(21)20(19)13-24(2,3)4/h5-12,22H,13H2,1-4H3. The number of benzene rings is 2. The Labute approximate surface area is 143 Å². The minimum Gasteiger partial charge on any atom is -0.497 e. The normalized spacial score (nSPS) is 20.2. The summed E-state index contributed by atoms with van der Waals surface area (Å²) < 4.78 is 5.21. The number of methoxy groups -OCH3 is 1. The summed E-state index contributed by atoms with van der Waals surface area (Å²) in [6.07, 6.45) is 0.586. The van der Waals surface area contributed by atoms with Crippen molar-refractivity contribution in [1.82, 2.24) is 4.90 Å². The largest absolute Gasteiger partial charge is 0.497 e. The molecule has 0 saturated carbocycles. The van der Waals surface area contributed by atoms with E-state index in [1.54, 1.807) is 18.1 Å². The van der Waals surface area contributed by atoms with E-state index in [0.717, 1.165) is 5.75 Å². The topological polar surface area (TPSA) is 49.8 Å². The zero-order chi connectivity index (χ0) is 17.5. The van der Waals surface area contributed by atoms with Crippen LogP contribution in [0.5, 0.6) is 5.75 Å². The van der Waals surface area contributed by atoms with Crippen molar-refractivity contribution in [2.75, 3.05) is 13.3 Å². The maximum atomic E-state index is 12.9. The first kappa shape index (κ1) is 16.7. The maximum absolute atomic E-state index is 12.9. The SMILES string of the molecule is COc1ccc(C2(O)c3ccccc3C(=O)N2C[Si](C)(C)C)cc1. The Balaban J connectivity index is 2.16. The van der Waals surface area contributed by atoms with Crippen LogP contribution in [0.2, 0.25) is 19.6 Å². The third-order valence-electron chi connectivity index (χ3n) is 4.29. The number of hydrogen-bond acceptors (Lipinski definition) is 3. The van der Waals surface area contributed by atoms with Gasteiger partial charge in [-0.1, -0.05) is 50.0 Å². The van der Waals surface area contributed by atoms with E-state index < -0.39 is 13.8 Å². The van der Waals surface area contributed by atoms with E-state index in [4.69, 9.17) is 4.74 Å². The summed E-state index contributed by atoms with van der Waals surface area (Å²) in [5.41, 5.74) is 0.479. The molecular formula is C19H23NO3Si. The summed E-state index contributed by atoms with van der Waals surface area (Å²) in [7, 11) is -0.0155. The fourth-order valence-corrected chi connectivity index (χ4v) is 4.53. The number of aliphatic hydroxyl groups is 1. The van der Waals surface area contributed by atoms with Crippen molar-refractivity contribution in [2.45, 2.75) is 25.4 Å². The molecular weight excluding hydrogens is 318 g/mol. The van der Waals surface area contributed by atoms with Crippen molar-refractivity contribution in [3.8, 4) is 5.75 Å². The van der Waals surface area contributed by atoms with Crippen LogP contribution < -0.4 is 4.74 Å². The highest BCUT2D eigenvalue weighted by molar-refractivity contribution is 6.76. The molecule has 0 bridgehead atoms. The monoisotopic (exact) mass is 341 g/mol. The molecule has 1 heterocycles. The molecule has 0 aliphatic carbocycles. The number of amides is 1. The average molecular weight is 341 g/mol. The molecule has 0 spiro atoms. The fraction of sp³-hybridized carbons (Fsp3) is 0.316. The van der Waals surface area contributed by atoms with Crippen LogP contribution in [0, 0.1) is 0 Å². The second-order valence-electron chi connectivity index (χ2n) is 7.40. The molecule has 2 aromatic carbocycles. The lowest BCUT2D eigenvalue weighted by atomic mass is 9.94. The first-order chi connectivity index (χ1) is 11.3. The van der Waals surface area contributed by atoms with Crippen LogP contribution in [-0.4, -0.2) is 37.3 Å². The molecule has 1 aliphatic rings. The molecule has 1 amide bonds. The molecule has 3 rings (SSSR count). The van der Waals surface area contributed by atoms with Crippen molar-refractivity contribution in [1.29, 1.82) is 0 Å². The van der Waals surface area contributed by atoms with Gasteiger partial charge in [0.15, 0.2) is 5.72 Å². The molecule has 1 unspecified atom stereocenters. The predicted octanol–water partition coefficient (Wildman–Crippen LogP) is 3.22. The second-order valence-corrected chi connectivity index (χ2v) is 12.8. The smallest absolute Gasteiger partial charge is 0.256 e. The highest BCUT2D eigenvalue weighted by atomic mass is 28.3. The number of nitrogens with zero attached hydrogens (tertiary/aromatic N) is 1. The molecule has 2 aromatic rings. The lowest BCUT2D eigenvalue weighted by molar-refractivity contribution is -0.0422. The van der Waals surface area contributed by atoms with Crippen molar-refractivity contribution in [2.24, 2.45) is 0 Å². The van der Waals surface area contributed by atoms with E-state index in [0.29, 0.717) is 22.9 Å². The van der Waals surface area contributed by atoms with E-state index >= 15 is 0 Å². The van der Waals surface area contributed by atoms with Gasteiger partial charge in [0.25, 0.3) is 5.91 Å². The summed E-state index contributed by atoms with van der Waals surface area (Å²) in [6, 6.07) is 14.6. The van der Waals surface area contributed by atoms with Gasteiger partial charge < -0.3 is 14.7 Å². The zero-order valence-corrected chi connectivity index (χ0v) is 15.5. The van der Waals surface area contributed by atoms with E-state index in [1.807, 2.05) is 42.5 Å². The Bertz CT molecular complexity index is 767. The third kappa shape index (κ3) is 2.63. The maximum Gasteiger partial charge on any atom is 0.256 e. The Kier molecular flexibility index (Phi) is 4.01. The van der Waals surface area contributed by atoms with Crippen molar-refractivity contribution in [3.63, 3.8) is 0 Å². The third-order valence-corrected chi connectivity index (χ3v) is 5.56. The van der Waals surface area contributed by atoms with Gasteiger partial charge in [-0.2, -0.15) is 0 Å². The first-order valence-electron chi connectivity index (χ1n) is 8.06. The molecule has 4 nitrogen and oxygen atoms in total. The van der Waals surface area contributed by atoms with Crippen LogP contribution in [0.4, 0.5) is 0 Å². The summed E-state index contributed by atoms with van der Waals surface area (Å²) >= 11 is 0. The van der Waals surface area contributed by atoms with Crippen LogP contribution in [-0.2, 0) is 5.72 Å². The number of carbonyl (C=O) groups is 1. The Hall–Kier alpha value is -2.11. The Morgan fingerprint density at radius 2 is 1.71 bits per heavy atom. The quantitative estimate of drug-likeness (QED) is 0.869.